The van der Waals surface area contributed by atoms with E-state index in [1.165, 1.54) is 18.9 Å². The van der Waals surface area contributed by atoms with Gasteiger partial charge in [-0.25, -0.2) is 4.79 Å². The second-order valence-corrected chi connectivity index (χ2v) is 6.07. The van der Waals surface area contributed by atoms with Crippen LogP contribution in [-0.4, -0.2) is 23.5 Å². The van der Waals surface area contributed by atoms with E-state index in [9.17, 15) is 9.59 Å². The lowest BCUT2D eigenvalue weighted by Gasteiger charge is -2.29. The molecule has 3 N–H and O–H groups in total. The Balaban J connectivity index is 1.90. The lowest BCUT2D eigenvalue weighted by atomic mass is 9.79. The highest BCUT2D eigenvalue weighted by Crippen LogP contribution is 2.39. The smallest absolute Gasteiger partial charge is 0.335 e. The van der Waals surface area contributed by atoms with E-state index in [2.05, 4.69) is 10.6 Å². The van der Waals surface area contributed by atoms with Crippen LogP contribution in [0, 0.1) is 5.41 Å². The predicted molar refractivity (Wildman–Crippen MR) is 80.7 cm³/mol. The quantitative estimate of drug-likeness (QED) is 0.742. The fourth-order valence-electron chi connectivity index (χ4n) is 3.34. The van der Waals surface area contributed by atoms with E-state index in [4.69, 9.17) is 5.11 Å². The fraction of sp³-hybridized carbons (Fsp3) is 0.500. The third kappa shape index (κ3) is 2.60. The molecule has 2 aliphatic rings. The van der Waals surface area contributed by atoms with Crippen molar-refractivity contribution in [2.45, 2.75) is 38.5 Å². The van der Waals surface area contributed by atoms with Gasteiger partial charge in [0, 0.05) is 6.54 Å². The van der Waals surface area contributed by atoms with Gasteiger partial charge in [-0.3, -0.25) is 4.79 Å². The number of benzene rings is 1. The van der Waals surface area contributed by atoms with Gasteiger partial charge in [0.1, 0.15) is 0 Å². The molecule has 0 atom stereocenters. The second-order valence-electron chi connectivity index (χ2n) is 6.07. The first kappa shape index (κ1) is 13.9. The molecule has 3 rings (SSSR count). The molecule has 5 nitrogen and oxygen atoms in total. The van der Waals surface area contributed by atoms with E-state index in [0.717, 1.165) is 25.7 Å². The number of hydrogen-bond donors (Lipinski definition) is 3. The van der Waals surface area contributed by atoms with E-state index in [0.29, 0.717) is 17.9 Å². The molecule has 0 bridgehead atoms. The molecule has 5 heteroatoms. The van der Waals surface area contributed by atoms with Crippen molar-refractivity contribution in [1.82, 2.24) is 0 Å². The summed E-state index contributed by atoms with van der Waals surface area (Å²) in [6, 6.07) is 4.78. The third-order valence-electron chi connectivity index (χ3n) is 4.67. The summed E-state index contributed by atoms with van der Waals surface area (Å²) in [5, 5.41) is 15.3. The molecular weight excluding hydrogens is 268 g/mol. The maximum Gasteiger partial charge on any atom is 0.335 e. The zero-order valence-corrected chi connectivity index (χ0v) is 11.9. The number of carboxylic acids is 1. The minimum atomic E-state index is -0.959. The van der Waals surface area contributed by atoms with Gasteiger partial charge in [-0.1, -0.05) is 25.7 Å². The van der Waals surface area contributed by atoms with Crippen LogP contribution in [0.15, 0.2) is 18.2 Å². The number of nitrogens with one attached hydrogen (secondary N) is 2. The molecule has 1 spiro atoms. The Labute approximate surface area is 123 Å². The molecule has 1 aliphatic heterocycles. The highest BCUT2D eigenvalue weighted by atomic mass is 16.4. The van der Waals surface area contributed by atoms with Crippen LogP contribution in [-0.2, 0) is 4.79 Å². The molecule has 1 heterocycles. The first-order valence-electron chi connectivity index (χ1n) is 7.53. The average Bonchev–Trinajstić information content (AvgIpc) is 2.78. The number of aromatic carboxylic acids is 1. The molecule has 0 aromatic heterocycles. The minimum Gasteiger partial charge on any atom is -0.478 e. The lowest BCUT2D eigenvalue weighted by Crippen LogP contribution is -2.39. The molecule has 1 amide bonds. The summed E-state index contributed by atoms with van der Waals surface area (Å²) in [5.74, 6) is -0.891. The molecule has 1 aromatic rings. The van der Waals surface area contributed by atoms with Crippen molar-refractivity contribution in [3.05, 3.63) is 23.8 Å². The summed E-state index contributed by atoms with van der Waals surface area (Å²) in [5.41, 5.74) is 1.24. The van der Waals surface area contributed by atoms with Crippen LogP contribution in [0.2, 0.25) is 0 Å². The van der Waals surface area contributed by atoms with E-state index in [1.54, 1.807) is 12.1 Å². The molecule has 1 saturated carbocycles. The Bertz CT molecular complexity index is 575. The highest BCUT2D eigenvalue weighted by molar-refractivity contribution is 6.01. The second kappa shape index (κ2) is 5.39. The van der Waals surface area contributed by atoms with Gasteiger partial charge in [0.15, 0.2) is 0 Å². The number of amides is 1. The number of rotatable bonds is 1. The van der Waals surface area contributed by atoms with E-state index in [-0.39, 0.29) is 16.9 Å². The van der Waals surface area contributed by atoms with Crippen molar-refractivity contribution in [1.29, 1.82) is 0 Å². The van der Waals surface area contributed by atoms with E-state index >= 15 is 0 Å². The molecule has 1 fully saturated rings. The van der Waals surface area contributed by atoms with Crippen LogP contribution in [0.1, 0.15) is 48.9 Å². The van der Waals surface area contributed by atoms with Crippen LogP contribution in [0.5, 0.6) is 0 Å². The Morgan fingerprint density at radius 1 is 1.10 bits per heavy atom. The number of fused-ring (bicyclic) bond motifs is 1. The van der Waals surface area contributed by atoms with Crippen molar-refractivity contribution in [3.63, 3.8) is 0 Å². The molecule has 1 aromatic carbocycles. The van der Waals surface area contributed by atoms with Gasteiger partial charge in [-0.05, 0) is 31.0 Å². The van der Waals surface area contributed by atoms with Crippen molar-refractivity contribution in [3.8, 4) is 0 Å². The van der Waals surface area contributed by atoms with Crippen LogP contribution < -0.4 is 10.6 Å². The van der Waals surface area contributed by atoms with E-state index < -0.39 is 5.97 Å². The number of anilines is 2. The number of carbonyl (C=O) groups is 2. The zero-order valence-electron chi connectivity index (χ0n) is 11.9. The Kier molecular flexibility index (Phi) is 3.57. The summed E-state index contributed by atoms with van der Waals surface area (Å²) in [6.45, 7) is 0.578. The maximum absolute atomic E-state index is 12.7. The minimum absolute atomic E-state index is 0.0683. The zero-order chi connectivity index (χ0) is 14.9. The first-order valence-corrected chi connectivity index (χ1v) is 7.53. The summed E-state index contributed by atoms with van der Waals surface area (Å²) in [6.07, 6.45) is 6.31. The molecule has 1 aliphatic carbocycles. The number of carbonyl (C=O) groups excluding carboxylic acids is 1. The molecule has 21 heavy (non-hydrogen) atoms. The predicted octanol–water partition coefficient (Wildman–Crippen LogP) is 3.09. The SMILES string of the molecule is O=C(O)c1ccc2c(c1)NCC1(CCCCCC1)C(=O)N2. The molecule has 112 valence electrons. The molecule has 0 saturated heterocycles. The van der Waals surface area contributed by atoms with Crippen molar-refractivity contribution >= 4 is 23.3 Å². The summed E-state index contributed by atoms with van der Waals surface area (Å²) < 4.78 is 0. The molecule has 0 unspecified atom stereocenters. The van der Waals surface area contributed by atoms with Gasteiger partial charge in [0.25, 0.3) is 0 Å². The first-order chi connectivity index (χ1) is 10.1. The number of hydrogen-bond acceptors (Lipinski definition) is 3. The monoisotopic (exact) mass is 288 g/mol. The Hall–Kier alpha value is -2.04. The third-order valence-corrected chi connectivity index (χ3v) is 4.67. The largest absolute Gasteiger partial charge is 0.478 e. The normalized spacial score (nSPS) is 20.7. The van der Waals surface area contributed by atoms with Crippen molar-refractivity contribution < 1.29 is 14.7 Å². The van der Waals surface area contributed by atoms with Gasteiger partial charge < -0.3 is 15.7 Å². The fourth-order valence-corrected chi connectivity index (χ4v) is 3.34. The average molecular weight is 288 g/mol. The van der Waals surface area contributed by atoms with Gasteiger partial charge in [-0.15, -0.1) is 0 Å². The van der Waals surface area contributed by atoms with Crippen LogP contribution in [0.25, 0.3) is 0 Å². The van der Waals surface area contributed by atoms with Crippen LogP contribution >= 0.6 is 0 Å². The summed E-state index contributed by atoms with van der Waals surface area (Å²) in [7, 11) is 0. The van der Waals surface area contributed by atoms with Crippen molar-refractivity contribution in [2.75, 3.05) is 17.2 Å². The van der Waals surface area contributed by atoms with E-state index in [1.807, 2.05) is 0 Å². The van der Waals surface area contributed by atoms with Crippen LogP contribution in [0.3, 0.4) is 0 Å². The number of carboxylic acid groups (broad SMARTS) is 1. The Morgan fingerprint density at radius 2 is 1.81 bits per heavy atom. The van der Waals surface area contributed by atoms with Gasteiger partial charge in [-0.2, -0.15) is 0 Å². The van der Waals surface area contributed by atoms with Gasteiger partial charge in [0.2, 0.25) is 5.91 Å². The van der Waals surface area contributed by atoms with Gasteiger partial charge in [0.05, 0.1) is 22.4 Å². The van der Waals surface area contributed by atoms with Crippen LogP contribution in [0.4, 0.5) is 11.4 Å². The Morgan fingerprint density at radius 3 is 2.48 bits per heavy atom. The molecular formula is C16H20N2O3. The topological polar surface area (TPSA) is 78.4 Å². The summed E-state index contributed by atoms with van der Waals surface area (Å²) >= 11 is 0. The standard InChI is InChI=1S/C16H20N2O3/c19-14(20)11-5-6-12-13(9-11)17-10-16(15(21)18-12)7-3-1-2-4-8-16/h5-6,9,17H,1-4,7-8,10H2,(H,18,21)(H,19,20). The van der Waals surface area contributed by atoms with Gasteiger partial charge >= 0.3 is 5.97 Å². The lowest BCUT2D eigenvalue weighted by molar-refractivity contribution is -0.125. The summed E-state index contributed by atoms with van der Waals surface area (Å²) in [4.78, 5) is 23.7. The maximum atomic E-state index is 12.7. The highest BCUT2D eigenvalue weighted by Gasteiger charge is 2.40. The molecule has 0 radical (unpaired) electrons. The van der Waals surface area contributed by atoms with Crippen molar-refractivity contribution in [2.24, 2.45) is 5.41 Å².